The molecule has 5 nitrogen and oxygen atoms in total. The molecule has 0 aromatic heterocycles. The van der Waals surface area contributed by atoms with E-state index in [-0.39, 0.29) is 29.8 Å². The summed E-state index contributed by atoms with van der Waals surface area (Å²) in [5.41, 5.74) is 2.51. The van der Waals surface area contributed by atoms with Crippen molar-refractivity contribution in [3.63, 3.8) is 0 Å². The summed E-state index contributed by atoms with van der Waals surface area (Å²) in [5.74, 6) is 0.0429. The van der Waals surface area contributed by atoms with E-state index in [2.05, 4.69) is 18.2 Å². The maximum atomic E-state index is 13.1. The van der Waals surface area contributed by atoms with Crippen molar-refractivity contribution in [2.75, 3.05) is 13.1 Å². The van der Waals surface area contributed by atoms with Gasteiger partial charge >= 0.3 is 0 Å². The molecule has 3 aliphatic rings. The highest BCUT2D eigenvalue weighted by molar-refractivity contribution is 5.90. The fourth-order valence-electron chi connectivity index (χ4n) is 4.61. The van der Waals surface area contributed by atoms with E-state index in [4.69, 9.17) is 0 Å². The normalized spacial score (nSPS) is 25.9. The number of likely N-dealkylation sites (tertiary alicyclic amines) is 2. The standard InChI is InChI=1S/C20H23N3O2/c21-13-17-7-3-9-22(17)20(25)18-8-4-10-23(18)19(24)16-11-14-5-1-2-6-15(14)12-16/h1-2,5-6,16-18H,3-4,7-12H2/t17-,18-/m0/s1. The van der Waals surface area contributed by atoms with Crippen LogP contribution in [0.5, 0.6) is 0 Å². The molecule has 2 heterocycles. The third-order valence-corrected chi connectivity index (χ3v) is 5.91. The van der Waals surface area contributed by atoms with Gasteiger partial charge in [0.25, 0.3) is 0 Å². The molecule has 0 radical (unpaired) electrons. The highest BCUT2D eigenvalue weighted by Crippen LogP contribution is 2.31. The van der Waals surface area contributed by atoms with Crippen LogP contribution < -0.4 is 0 Å². The van der Waals surface area contributed by atoms with Crippen LogP contribution >= 0.6 is 0 Å². The van der Waals surface area contributed by atoms with Crippen molar-refractivity contribution < 1.29 is 9.59 Å². The molecule has 2 amide bonds. The fourth-order valence-corrected chi connectivity index (χ4v) is 4.61. The first-order valence-electron chi connectivity index (χ1n) is 9.26. The summed E-state index contributed by atoms with van der Waals surface area (Å²) in [7, 11) is 0. The molecule has 2 fully saturated rings. The Morgan fingerprint density at radius 1 is 0.960 bits per heavy atom. The average molecular weight is 337 g/mol. The van der Waals surface area contributed by atoms with Gasteiger partial charge in [-0.25, -0.2) is 0 Å². The van der Waals surface area contributed by atoms with Crippen LogP contribution in [0.1, 0.15) is 36.8 Å². The molecule has 2 saturated heterocycles. The highest BCUT2D eigenvalue weighted by Gasteiger charge is 2.42. The minimum absolute atomic E-state index is 0.0228. The lowest BCUT2D eigenvalue weighted by Crippen LogP contribution is -2.50. The summed E-state index contributed by atoms with van der Waals surface area (Å²) in [6.45, 7) is 1.30. The summed E-state index contributed by atoms with van der Waals surface area (Å²) in [5, 5.41) is 9.25. The number of hydrogen-bond acceptors (Lipinski definition) is 3. The summed E-state index contributed by atoms with van der Waals surface area (Å²) < 4.78 is 0. The molecule has 0 unspecified atom stereocenters. The van der Waals surface area contributed by atoms with Gasteiger partial charge in [0.05, 0.1) is 6.07 Å². The Balaban J connectivity index is 1.48. The molecule has 25 heavy (non-hydrogen) atoms. The number of nitrogens with zero attached hydrogens (tertiary/aromatic N) is 3. The van der Waals surface area contributed by atoms with E-state index in [1.165, 1.54) is 11.1 Å². The van der Waals surface area contributed by atoms with Crippen molar-refractivity contribution in [2.24, 2.45) is 5.92 Å². The molecule has 5 heteroatoms. The van der Waals surface area contributed by atoms with Crippen LogP contribution in [0.4, 0.5) is 0 Å². The van der Waals surface area contributed by atoms with Crippen LogP contribution in [-0.2, 0) is 22.4 Å². The fraction of sp³-hybridized carbons (Fsp3) is 0.550. The first-order chi connectivity index (χ1) is 12.2. The molecule has 1 aromatic rings. The van der Waals surface area contributed by atoms with E-state index in [1.807, 2.05) is 12.1 Å². The Morgan fingerprint density at radius 2 is 1.60 bits per heavy atom. The second-order valence-electron chi connectivity index (χ2n) is 7.38. The van der Waals surface area contributed by atoms with Gasteiger partial charge in [-0.15, -0.1) is 0 Å². The highest BCUT2D eigenvalue weighted by atomic mass is 16.2. The number of carbonyl (C=O) groups excluding carboxylic acids is 2. The molecule has 2 atom stereocenters. The molecule has 0 spiro atoms. The Morgan fingerprint density at radius 3 is 2.28 bits per heavy atom. The first-order valence-corrected chi connectivity index (χ1v) is 9.26. The van der Waals surface area contributed by atoms with Crippen LogP contribution in [0.3, 0.4) is 0 Å². The van der Waals surface area contributed by atoms with Gasteiger partial charge in [-0.1, -0.05) is 24.3 Å². The topological polar surface area (TPSA) is 64.4 Å². The zero-order valence-electron chi connectivity index (χ0n) is 14.4. The molecule has 1 aliphatic carbocycles. The Hall–Kier alpha value is -2.35. The Bertz CT molecular complexity index is 714. The van der Waals surface area contributed by atoms with Crippen molar-refractivity contribution >= 4 is 11.8 Å². The van der Waals surface area contributed by atoms with Gasteiger partial charge < -0.3 is 9.80 Å². The van der Waals surface area contributed by atoms with Gasteiger partial charge in [-0.3, -0.25) is 9.59 Å². The quantitative estimate of drug-likeness (QED) is 0.828. The van der Waals surface area contributed by atoms with Crippen molar-refractivity contribution in [1.82, 2.24) is 9.80 Å². The second kappa shape index (κ2) is 6.51. The van der Waals surface area contributed by atoms with Crippen LogP contribution in [-0.4, -0.2) is 46.8 Å². The number of nitriles is 1. The first kappa shape index (κ1) is 16.1. The van der Waals surface area contributed by atoms with Crippen molar-refractivity contribution in [3.8, 4) is 6.07 Å². The van der Waals surface area contributed by atoms with Crippen molar-refractivity contribution in [3.05, 3.63) is 35.4 Å². The van der Waals surface area contributed by atoms with E-state index in [9.17, 15) is 14.9 Å². The SMILES string of the molecule is N#C[C@@H]1CCCN1C(=O)[C@@H]1CCCN1C(=O)C1Cc2ccccc2C1. The summed E-state index contributed by atoms with van der Waals surface area (Å²) in [4.78, 5) is 29.5. The van der Waals surface area contributed by atoms with Gasteiger partial charge in [0.2, 0.25) is 11.8 Å². The molecular weight excluding hydrogens is 314 g/mol. The monoisotopic (exact) mass is 337 g/mol. The number of rotatable bonds is 2. The van der Waals surface area contributed by atoms with Gasteiger partial charge in [0.15, 0.2) is 0 Å². The lowest BCUT2D eigenvalue weighted by molar-refractivity contribution is -0.145. The minimum atomic E-state index is -0.370. The summed E-state index contributed by atoms with van der Waals surface area (Å²) in [6.07, 6.45) is 4.77. The van der Waals surface area contributed by atoms with Gasteiger partial charge in [0.1, 0.15) is 12.1 Å². The molecular formula is C20H23N3O2. The smallest absolute Gasteiger partial charge is 0.246 e. The van der Waals surface area contributed by atoms with Crippen molar-refractivity contribution in [2.45, 2.75) is 50.6 Å². The molecule has 0 N–H and O–H groups in total. The summed E-state index contributed by atoms with van der Waals surface area (Å²) >= 11 is 0. The van der Waals surface area contributed by atoms with E-state index < -0.39 is 0 Å². The van der Waals surface area contributed by atoms with Crippen LogP contribution in [0.15, 0.2) is 24.3 Å². The zero-order chi connectivity index (χ0) is 17.4. The Labute approximate surface area is 148 Å². The number of amides is 2. The Kier molecular flexibility index (Phi) is 4.20. The average Bonchev–Trinajstić information content (AvgIpc) is 3.38. The van der Waals surface area contributed by atoms with Crippen LogP contribution in [0.25, 0.3) is 0 Å². The third-order valence-electron chi connectivity index (χ3n) is 5.91. The predicted molar refractivity (Wildman–Crippen MR) is 92.4 cm³/mol. The van der Waals surface area contributed by atoms with E-state index in [0.717, 1.165) is 38.5 Å². The minimum Gasteiger partial charge on any atom is -0.330 e. The molecule has 0 bridgehead atoms. The third kappa shape index (κ3) is 2.80. The number of benzene rings is 1. The molecule has 4 rings (SSSR count). The van der Waals surface area contributed by atoms with Crippen LogP contribution in [0, 0.1) is 17.2 Å². The lowest BCUT2D eigenvalue weighted by Gasteiger charge is -2.30. The van der Waals surface area contributed by atoms with E-state index in [0.29, 0.717) is 13.1 Å². The van der Waals surface area contributed by atoms with Crippen LogP contribution in [0.2, 0.25) is 0 Å². The maximum absolute atomic E-state index is 13.1. The van der Waals surface area contributed by atoms with Crippen molar-refractivity contribution in [1.29, 1.82) is 5.26 Å². The maximum Gasteiger partial charge on any atom is 0.246 e. The molecule has 130 valence electrons. The zero-order valence-corrected chi connectivity index (χ0v) is 14.4. The number of hydrogen-bond donors (Lipinski definition) is 0. The van der Waals surface area contributed by atoms with E-state index >= 15 is 0 Å². The lowest BCUT2D eigenvalue weighted by atomic mass is 10.0. The molecule has 2 aliphatic heterocycles. The van der Waals surface area contributed by atoms with Gasteiger partial charge in [0, 0.05) is 19.0 Å². The summed E-state index contributed by atoms with van der Waals surface area (Å²) in [6, 6.07) is 9.76. The van der Waals surface area contributed by atoms with Gasteiger partial charge in [-0.05, 0) is 49.7 Å². The molecule has 1 aromatic carbocycles. The largest absolute Gasteiger partial charge is 0.330 e. The van der Waals surface area contributed by atoms with Gasteiger partial charge in [-0.2, -0.15) is 5.26 Å². The van der Waals surface area contributed by atoms with E-state index in [1.54, 1.807) is 9.80 Å². The second-order valence-corrected chi connectivity index (χ2v) is 7.38. The predicted octanol–water partition coefficient (Wildman–Crippen LogP) is 1.91. The molecule has 0 saturated carbocycles. The number of fused-ring (bicyclic) bond motifs is 1. The number of carbonyl (C=O) groups is 2.